The van der Waals surface area contributed by atoms with Gasteiger partial charge in [-0.2, -0.15) is 0 Å². The van der Waals surface area contributed by atoms with Crippen molar-refractivity contribution in [1.29, 1.82) is 0 Å². The molecule has 5 aliphatic rings. The van der Waals surface area contributed by atoms with E-state index < -0.39 is 5.79 Å². The molecule has 2 spiro atoms. The lowest BCUT2D eigenvalue weighted by molar-refractivity contribution is -0.295. The maximum absolute atomic E-state index is 13.6. The second kappa shape index (κ2) is 6.15. The molecule has 148 valence electrons. The number of para-hydroxylation sites is 1. The quantitative estimate of drug-likeness (QED) is 0.739. The Labute approximate surface area is 166 Å². The zero-order chi connectivity index (χ0) is 18.8. The third-order valence-electron chi connectivity index (χ3n) is 7.62. The molecule has 0 unspecified atom stereocenters. The Bertz CT molecular complexity index is 821. The standard InChI is InChI=1S/C23H28N2O3/c26-21-23(27-14-22(15-28-23)13-17-8-9-18(22)12-17)19-6-2-3-7-20(19)25(21)16-24-10-4-1-5-11-24/h2-3,6-9,17-18H,1,4-5,10-16H2/t17-,18-,22?,23?/m1/s1. The maximum Gasteiger partial charge on any atom is 0.293 e. The molecule has 0 N–H and O–H groups in total. The first-order valence-electron chi connectivity index (χ1n) is 10.8. The van der Waals surface area contributed by atoms with E-state index in [0.717, 1.165) is 30.8 Å². The van der Waals surface area contributed by atoms with Crippen molar-refractivity contribution >= 4 is 11.6 Å². The third kappa shape index (κ3) is 2.33. The highest BCUT2D eigenvalue weighted by atomic mass is 16.7. The van der Waals surface area contributed by atoms with Crippen molar-refractivity contribution in [1.82, 2.24) is 4.90 Å². The summed E-state index contributed by atoms with van der Waals surface area (Å²) in [7, 11) is 0. The Kier molecular flexibility index (Phi) is 3.78. The van der Waals surface area contributed by atoms with Gasteiger partial charge in [-0.15, -0.1) is 0 Å². The molecular formula is C23H28N2O3. The van der Waals surface area contributed by atoms with E-state index in [9.17, 15) is 4.79 Å². The van der Waals surface area contributed by atoms with Crippen LogP contribution < -0.4 is 4.90 Å². The van der Waals surface area contributed by atoms with E-state index in [2.05, 4.69) is 17.1 Å². The normalized spacial score (nSPS) is 39.4. The van der Waals surface area contributed by atoms with Crippen LogP contribution >= 0.6 is 0 Å². The fraction of sp³-hybridized carbons (Fsp3) is 0.609. The third-order valence-corrected chi connectivity index (χ3v) is 7.62. The Morgan fingerprint density at radius 3 is 2.54 bits per heavy atom. The predicted molar refractivity (Wildman–Crippen MR) is 106 cm³/mol. The zero-order valence-electron chi connectivity index (χ0n) is 16.3. The van der Waals surface area contributed by atoms with Gasteiger partial charge in [0.25, 0.3) is 11.7 Å². The highest BCUT2D eigenvalue weighted by molar-refractivity contribution is 6.06. The van der Waals surface area contributed by atoms with E-state index >= 15 is 0 Å². The number of allylic oxidation sites excluding steroid dienone is 2. The van der Waals surface area contributed by atoms with Gasteiger partial charge in [-0.05, 0) is 56.7 Å². The second-order valence-corrected chi connectivity index (χ2v) is 9.32. The lowest BCUT2D eigenvalue weighted by Crippen LogP contribution is -2.55. The van der Waals surface area contributed by atoms with E-state index in [1.807, 2.05) is 29.2 Å². The number of nitrogens with zero attached hydrogens (tertiary/aromatic N) is 2. The molecule has 3 fully saturated rings. The molecule has 5 nitrogen and oxygen atoms in total. The van der Waals surface area contributed by atoms with Crippen LogP contribution in [0, 0.1) is 17.3 Å². The van der Waals surface area contributed by atoms with Gasteiger partial charge < -0.3 is 9.47 Å². The Hall–Kier alpha value is -1.69. The zero-order valence-corrected chi connectivity index (χ0v) is 16.3. The first-order chi connectivity index (χ1) is 13.7. The van der Waals surface area contributed by atoms with Crippen LogP contribution in [0.25, 0.3) is 0 Å². The molecule has 1 amide bonds. The molecule has 0 radical (unpaired) electrons. The molecule has 28 heavy (non-hydrogen) atoms. The minimum Gasteiger partial charge on any atom is -0.338 e. The fourth-order valence-electron chi connectivity index (χ4n) is 6.07. The average Bonchev–Trinajstić information content (AvgIpc) is 3.40. The number of amides is 1. The van der Waals surface area contributed by atoms with E-state index in [0.29, 0.717) is 31.7 Å². The van der Waals surface area contributed by atoms with Gasteiger partial charge in [-0.3, -0.25) is 14.6 Å². The molecule has 0 aromatic heterocycles. The van der Waals surface area contributed by atoms with Crippen LogP contribution in [0.1, 0.15) is 37.7 Å². The maximum atomic E-state index is 13.6. The van der Waals surface area contributed by atoms with E-state index in [-0.39, 0.29) is 11.3 Å². The minimum atomic E-state index is -1.25. The number of hydrogen-bond acceptors (Lipinski definition) is 4. The van der Waals surface area contributed by atoms with Gasteiger partial charge in [0.15, 0.2) is 0 Å². The summed E-state index contributed by atoms with van der Waals surface area (Å²) in [6, 6.07) is 8.01. The number of ether oxygens (including phenoxy) is 2. The van der Waals surface area contributed by atoms with Crippen LogP contribution in [0.4, 0.5) is 5.69 Å². The van der Waals surface area contributed by atoms with Crippen molar-refractivity contribution < 1.29 is 14.3 Å². The summed E-state index contributed by atoms with van der Waals surface area (Å²) in [5.41, 5.74) is 1.88. The predicted octanol–water partition coefficient (Wildman–Crippen LogP) is 3.26. The average molecular weight is 380 g/mol. The number of hydrogen-bond donors (Lipinski definition) is 0. The van der Waals surface area contributed by atoms with Crippen molar-refractivity contribution in [3.63, 3.8) is 0 Å². The van der Waals surface area contributed by atoms with Crippen molar-refractivity contribution in [2.24, 2.45) is 17.3 Å². The van der Waals surface area contributed by atoms with Crippen molar-refractivity contribution in [3.8, 4) is 0 Å². The number of anilines is 1. The van der Waals surface area contributed by atoms with Gasteiger partial charge in [-0.1, -0.05) is 36.8 Å². The number of carbonyl (C=O) groups is 1. The van der Waals surface area contributed by atoms with Crippen LogP contribution in [0.15, 0.2) is 36.4 Å². The minimum absolute atomic E-state index is 0.0483. The van der Waals surface area contributed by atoms with Gasteiger partial charge in [-0.25, -0.2) is 0 Å². The van der Waals surface area contributed by atoms with E-state index in [1.54, 1.807) is 0 Å². The molecule has 3 aliphatic heterocycles. The molecule has 3 heterocycles. The summed E-state index contributed by atoms with van der Waals surface area (Å²) < 4.78 is 12.8. The van der Waals surface area contributed by atoms with Crippen molar-refractivity contribution in [2.45, 2.75) is 37.9 Å². The molecule has 2 atom stereocenters. The second-order valence-electron chi connectivity index (χ2n) is 9.32. The van der Waals surface area contributed by atoms with Crippen LogP contribution in [0.2, 0.25) is 0 Å². The SMILES string of the molecule is O=C1N(CN2CCCCC2)c2ccccc2C12OCC1(CO2)C[C@@H]2C=C[C@@H]1C2. The fourth-order valence-corrected chi connectivity index (χ4v) is 6.07. The topological polar surface area (TPSA) is 42.0 Å². The lowest BCUT2D eigenvalue weighted by Gasteiger charge is -2.45. The molecule has 5 heteroatoms. The smallest absolute Gasteiger partial charge is 0.293 e. The molecule has 2 saturated heterocycles. The van der Waals surface area contributed by atoms with Crippen LogP contribution in [-0.2, 0) is 20.1 Å². The number of carbonyl (C=O) groups excluding carboxylic acids is 1. The van der Waals surface area contributed by atoms with Crippen molar-refractivity contribution in [2.75, 3.05) is 37.9 Å². The number of piperidine rings is 1. The first kappa shape index (κ1) is 17.2. The van der Waals surface area contributed by atoms with Gasteiger partial charge in [0.05, 0.1) is 25.6 Å². The van der Waals surface area contributed by atoms with Gasteiger partial charge in [0.2, 0.25) is 0 Å². The molecule has 1 saturated carbocycles. The highest BCUT2D eigenvalue weighted by Crippen LogP contribution is 2.57. The number of rotatable bonds is 2. The van der Waals surface area contributed by atoms with E-state index in [4.69, 9.17) is 9.47 Å². The lowest BCUT2D eigenvalue weighted by atomic mass is 9.76. The summed E-state index contributed by atoms with van der Waals surface area (Å²) >= 11 is 0. The Morgan fingerprint density at radius 2 is 1.82 bits per heavy atom. The highest BCUT2D eigenvalue weighted by Gasteiger charge is 2.61. The Morgan fingerprint density at radius 1 is 1.04 bits per heavy atom. The summed E-state index contributed by atoms with van der Waals surface area (Å²) in [5.74, 6) is -0.101. The van der Waals surface area contributed by atoms with Gasteiger partial charge >= 0.3 is 0 Å². The summed E-state index contributed by atoms with van der Waals surface area (Å²) in [4.78, 5) is 17.9. The monoisotopic (exact) mass is 380 g/mol. The van der Waals surface area contributed by atoms with Crippen molar-refractivity contribution in [3.05, 3.63) is 42.0 Å². The summed E-state index contributed by atoms with van der Waals surface area (Å²) in [5, 5.41) is 0. The molecule has 1 aromatic rings. The largest absolute Gasteiger partial charge is 0.338 e. The number of benzene rings is 1. The van der Waals surface area contributed by atoms with Crippen LogP contribution in [-0.4, -0.2) is 43.8 Å². The summed E-state index contributed by atoms with van der Waals surface area (Å²) in [6.45, 7) is 3.95. The molecule has 6 rings (SSSR count). The summed E-state index contributed by atoms with van der Waals surface area (Å²) in [6.07, 6.45) is 10.7. The molecular weight excluding hydrogens is 352 g/mol. The molecule has 2 aliphatic carbocycles. The molecule has 2 bridgehead atoms. The van der Waals surface area contributed by atoms with Gasteiger partial charge in [0, 0.05) is 11.0 Å². The number of likely N-dealkylation sites (tertiary alicyclic amines) is 1. The number of fused-ring (bicyclic) bond motifs is 5. The van der Waals surface area contributed by atoms with Crippen LogP contribution in [0.3, 0.4) is 0 Å². The van der Waals surface area contributed by atoms with Crippen LogP contribution in [0.5, 0.6) is 0 Å². The molecule has 1 aromatic carbocycles. The first-order valence-corrected chi connectivity index (χ1v) is 10.8. The Balaban J connectivity index is 1.29. The van der Waals surface area contributed by atoms with E-state index in [1.165, 1.54) is 25.7 Å². The van der Waals surface area contributed by atoms with Gasteiger partial charge in [0.1, 0.15) is 0 Å².